The van der Waals surface area contributed by atoms with Gasteiger partial charge in [-0.25, -0.2) is 0 Å². The van der Waals surface area contributed by atoms with Crippen molar-refractivity contribution in [2.45, 2.75) is 25.7 Å². The normalized spacial score (nSPS) is 10.3. The Morgan fingerprint density at radius 1 is 1.20 bits per heavy atom. The Balaban J connectivity index is 2.83. The zero-order valence-electron chi connectivity index (χ0n) is 6.89. The maximum absolute atomic E-state index is 9.77. The Bertz CT molecular complexity index is 81.3. The van der Waals surface area contributed by atoms with Gasteiger partial charge in [-0.2, -0.15) is 0 Å². The highest BCUT2D eigenvalue weighted by Crippen LogP contribution is 1.97. The van der Waals surface area contributed by atoms with E-state index in [2.05, 4.69) is 19.0 Å². The Morgan fingerprint density at radius 2 is 1.90 bits per heavy atom. The summed E-state index contributed by atoms with van der Waals surface area (Å²) in [4.78, 5) is 11.9. The third-order valence-electron chi connectivity index (χ3n) is 1.38. The minimum atomic E-state index is 0.605. The first-order valence-corrected chi connectivity index (χ1v) is 3.77. The van der Waals surface area contributed by atoms with E-state index in [1.165, 1.54) is 6.42 Å². The standard InChI is InChI=1S/C8H16NO/c1-9(2)7-5-3-4-6-8-10/h3-7H2,1-2H3. The fourth-order valence-corrected chi connectivity index (χ4v) is 0.802. The van der Waals surface area contributed by atoms with E-state index in [1.807, 2.05) is 6.29 Å². The van der Waals surface area contributed by atoms with E-state index in [-0.39, 0.29) is 0 Å². The summed E-state index contributed by atoms with van der Waals surface area (Å²) in [7, 11) is 4.12. The van der Waals surface area contributed by atoms with Crippen LogP contribution in [-0.4, -0.2) is 31.8 Å². The van der Waals surface area contributed by atoms with Crippen LogP contribution in [0, 0.1) is 0 Å². The van der Waals surface area contributed by atoms with Crippen LogP contribution in [0.3, 0.4) is 0 Å². The Morgan fingerprint density at radius 3 is 2.40 bits per heavy atom. The van der Waals surface area contributed by atoms with Gasteiger partial charge in [-0.1, -0.05) is 6.42 Å². The number of carbonyl (C=O) groups excluding carboxylic acids is 1. The molecule has 2 nitrogen and oxygen atoms in total. The van der Waals surface area contributed by atoms with Crippen LogP contribution < -0.4 is 0 Å². The lowest BCUT2D eigenvalue weighted by atomic mass is 10.2. The lowest BCUT2D eigenvalue weighted by Gasteiger charge is -2.07. The lowest BCUT2D eigenvalue weighted by molar-refractivity contribution is 0.392. The summed E-state index contributed by atoms with van der Waals surface area (Å²) >= 11 is 0. The Hall–Kier alpha value is -0.370. The molecule has 0 saturated heterocycles. The maximum atomic E-state index is 9.77. The molecule has 59 valence electrons. The molecule has 0 heterocycles. The first kappa shape index (κ1) is 9.63. The van der Waals surface area contributed by atoms with Crippen molar-refractivity contribution in [2.75, 3.05) is 20.6 Å². The minimum Gasteiger partial charge on any atom is -0.309 e. The van der Waals surface area contributed by atoms with Gasteiger partial charge >= 0.3 is 0 Å². The molecule has 0 bridgehead atoms. The molecule has 0 aromatic heterocycles. The third kappa shape index (κ3) is 7.63. The molecule has 0 fully saturated rings. The van der Waals surface area contributed by atoms with Crippen LogP contribution in [-0.2, 0) is 4.79 Å². The van der Waals surface area contributed by atoms with Gasteiger partial charge in [0.1, 0.15) is 0 Å². The molecule has 0 aliphatic heterocycles. The predicted octanol–water partition coefficient (Wildman–Crippen LogP) is 1.22. The van der Waals surface area contributed by atoms with E-state index in [4.69, 9.17) is 0 Å². The fraction of sp³-hybridized carbons (Fsp3) is 0.875. The number of nitrogens with zero attached hydrogens (tertiary/aromatic N) is 1. The maximum Gasteiger partial charge on any atom is 0.198 e. The molecule has 0 rings (SSSR count). The molecule has 0 aliphatic rings. The molecule has 10 heavy (non-hydrogen) atoms. The summed E-state index contributed by atoms with van der Waals surface area (Å²) in [6.07, 6.45) is 5.83. The van der Waals surface area contributed by atoms with E-state index < -0.39 is 0 Å². The molecule has 0 N–H and O–H groups in total. The largest absolute Gasteiger partial charge is 0.309 e. The quantitative estimate of drug-likeness (QED) is 0.520. The van der Waals surface area contributed by atoms with Gasteiger partial charge in [-0.15, -0.1) is 0 Å². The predicted molar refractivity (Wildman–Crippen MR) is 42.7 cm³/mol. The average molecular weight is 142 g/mol. The number of unbranched alkanes of at least 4 members (excludes halogenated alkanes) is 3. The van der Waals surface area contributed by atoms with Crippen LogP contribution in [0.25, 0.3) is 0 Å². The summed E-state index contributed by atoms with van der Waals surface area (Å²) in [5.74, 6) is 0. The molecule has 0 aromatic carbocycles. The highest BCUT2D eigenvalue weighted by Gasteiger charge is 1.90. The van der Waals surface area contributed by atoms with Gasteiger partial charge in [0.25, 0.3) is 0 Å². The lowest BCUT2D eigenvalue weighted by Crippen LogP contribution is -2.12. The van der Waals surface area contributed by atoms with Crippen LogP contribution in [0.2, 0.25) is 0 Å². The van der Waals surface area contributed by atoms with Crippen LogP contribution in [0.1, 0.15) is 25.7 Å². The second-order valence-electron chi connectivity index (χ2n) is 2.76. The van der Waals surface area contributed by atoms with Crippen molar-refractivity contribution in [1.82, 2.24) is 4.90 Å². The van der Waals surface area contributed by atoms with Crippen LogP contribution in [0.15, 0.2) is 0 Å². The van der Waals surface area contributed by atoms with Gasteiger partial charge in [0, 0.05) is 6.42 Å². The van der Waals surface area contributed by atoms with E-state index in [0.29, 0.717) is 6.42 Å². The van der Waals surface area contributed by atoms with Crippen molar-refractivity contribution >= 4 is 6.29 Å². The Kier molecular flexibility index (Phi) is 6.50. The zero-order chi connectivity index (χ0) is 7.82. The second-order valence-corrected chi connectivity index (χ2v) is 2.76. The highest BCUT2D eigenvalue weighted by atomic mass is 16.1. The SMILES string of the molecule is CN(C)CCCCC[C]=O. The van der Waals surface area contributed by atoms with Gasteiger partial charge in [-0.3, -0.25) is 4.79 Å². The monoisotopic (exact) mass is 142 g/mol. The van der Waals surface area contributed by atoms with Crippen molar-refractivity contribution in [3.05, 3.63) is 0 Å². The molecular formula is C8H16NO. The summed E-state index contributed by atoms with van der Waals surface area (Å²) in [5.41, 5.74) is 0. The zero-order valence-corrected chi connectivity index (χ0v) is 6.89. The molecule has 0 spiro atoms. The molecule has 0 aliphatic carbocycles. The molecule has 1 radical (unpaired) electrons. The van der Waals surface area contributed by atoms with Gasteiger partial charge in [-0.05, 0) is 33.5 Å². The fourth-order valence-electron chi connectivity index (χ4n) is 0.802. The van der Waals surface area contributed by atoms with Crippen LogP contribution in [0.5, 0.6) is 0 Å². The van der Waals surface area contributed by atoms with Crippen molar-refractivity contribution in [3.63, 3.8) is 0 Å². The topological polar surface area (TPSA) is 20.3 Å². The number of hydrogen-bond donors (Lipinski definition) is 0. The van der Waals surface area contributed by atoms with E-state index >= 15 is 0 Å². The average Bonchev–Trinajstić information content (AvgIpc) is 1.87. The summed E-state index contributed by atoms with van der Waals surface area (Å²) in [6, 6.07) is 0. The van der Waals surface area contributed by atoms with Crippen molar-refractivity contribution < 1.29 is 4.79 Å². The molecule has 0 unspecified atom stereocenters. The first-order valence-electron chi connectivity index (χ1n) is 3.77. The Labute approximate surface area is 63.2 Å². The second kappa shape index (κ2) is 6.75. The van der Waals surface area contributed by atoms with Crippen molar-refractivity contribution in [1.29, 1.82) is 0 Å². The number of rotatable bonds is 6. The van der Waals surface area contributed by atoms with Gasteiger partial charge in [0.15, 0.2) is 6.29 Å². The third-order valence-corrected chi connectivity index (χ3v) is 1.38. The minimum absolute atomic E-state index is 0.605. The van der Waals surface area contributed by atoms with Crippen LogP contribution in [0.4, 0.5) is 0 Å². The van der Waals surface area contributed by atoms with E-state index in [1.54, 1.807) is 0 Å². The highest BCUT2D eigenvalue weighted by molar-refractivity contribution is 5.50. The van der Waals surface area contributed by atoms with E-state index in [9.17, 15) is 4.79 Å². The van der Waals surface area contributed by atoms with Gasteiger partial charge < -0.3 is 4.90 Å². The number of hydrogen-bond acceptors (Lipinski definition) is 2. The first-order chi connectivity index (χ1) is 4.77. The molecule has 0 saturated carbocycles. The molecule has 0 aromatic rings. The molecular weight excluding hydrogens is 126 g/mol. The molecule has 0 atom stereocenters. The van der Waals surface area contributed by atoms with Crippen molar-refractivity contribution in [2.24, 2.45) is 0 Å². The summed E-state index contributed by atoms with van der Waals surface area (Å²) in [5, 5.41) is 0. The molecule has 0 amide bonds. The van der Waals surface area contributed by atoms with Crippen LogP contribution >= 0.6 is 0 Å². The van der Waals surface area contributed by atoms with Gasteiger partial charge in [0.2, 0.25) is 0 Å². The van der Waals surface area contributed by atoms with E-state index in [0.717, 1.165) is 19.4 Å². The molecule has 2 heteroatoms. The van der Waals surface area contributed by atoms with Crippen molar-refractivity contribution in [3.8, 4) is 0 Å². The van der Waals surface area contributed by atoms with Gasteiger partial charge in [0.05, 0.1) is 0 Å². The smallest absolute Gasteiger partial charge is 0.198 e. The summed E-state index contributed by atoms with van der Waals surface area (Å²) in [6.45, 7) is 1.12. The summed E-state index contributed by atoms with van der Waals surface area (Å²) < 4.78 is 0.